The maximum atomic E-state index is 13.1. The van der Waals surface area contributed by atoms with E-state index in [-0.39, 0.29) is 12.7 Å². The molecule has 0 spiro atoms. The van der Waals surface area contributed by atoms with Gasteiger partial charge in [-0.2, -0.15) is 0 Å². The van der Waals surface area contributed by atoms with E-state index in [1.165, 1.54) is 10.5 Å². The van der Waals surface area contributed by atoms with E-state index in [9.17, 15) is 14.4 Å². The number of benzene rings is 2. The summed E-state index contributed by atoms with van der Waals surface area (Å²) in [5, 5.41) is 0. The lowest BCUT2D eigenvalue weighted by Crippen LogP contribution is -3.13. The first-order chi connectivity index (χ1) is 15.0. The van der Waals surface area contributed by atoms with Crippen LogP contribution in [-0.2, 0) is 11.3 Å². The third-order valence-electron chi connectivity index (χ3n) is 6.24. The Balaban J connectivity index is 1.19. The smallest absolute Gasteiger partial charge is 0.262 e. The lowest BCUT2D eigenvalue weighted by Gasteiger charge is -2.35. The zero-order valence-corrected chi connectivity index (χ0v) is 17.3. The molecule has 1 fully saturated rings. The molecule has 0 aromatic heterocycles. The van der Waals surface area contributed by atoms with Crippen LogP contribution in [0.15, 0.2) is 42.5 Å². The van der Waals surface area contributed by atoms with Crippen LogP contribution in [0.25, 0.3) is 0 Å². The fourth-order valence-electron chi connectivity index (χ4n) is 4.49. The Morgan fingerprint density at radius 1 is 1.00 bits per heavy atom. The second-order valence-corrected chi connectivity index (χ2v) is 8.14. The van der Waals surface area contributed by atoms with Crippen molar-refractivity contribution in [3.8, 4) is 11.5 Å². The molecule has 5 rings (SSSR count). The molecule has 0 bridgehead atoms. The van der Waals surface area contributed by atoms with Crippen LogP contribution < -0.4 is 14.4 Å². The maximum absolute atomic E-state index is 13.1. The molecule has 8 nitrogen and oxygen atoms in total. The van der Waals surface area contributed by atoms with E-state index in [1.807, 2.05) is 18.2 Å². The van der Waals surface area contributed by atoms with Crippen LogP contribution >= 0.6 is 0 Å². The number of amides is 3. The van der Waals surface area contributed by atoms with Gasteiger partial charge in [-0.1, -0.05) is 12.1 Å². The topological polar surface area (TPSA) is 80.6 Å². The average Bonchev–Trinajstić information content (AvgIpc) is 3.36. The van der Waals surface area contributed by atoms with Gasteiger partial charge in [0.05, 0.1) is 37.3 Å². The first-order valence-corrected chi connectivity index (χ1v) is 10.5. The van der Waals surface area contributed by atoms with E-state index in [1.54, 1.807) is 36.1 Å². The van der Waals surface area contributed by atoms with E-state index in [0.717, 1.165) is 36.0 Å². The maximum Gasteiger partial charge on any atom is 0.262 e. The monoisotopic (exact) mass is 422 g/mol. The highest BCUT2D eigenvalue weighted by molar-refractivity contribution is 6.22. The molecule has 3 heterocycles. The van der Waals surface area contributed by atoms with Gasteiger partial charge in [0.1, 0.15) is 12.6 Å². The molecule has 1 saturated heterocycles. The Morgan fingerprint density at radius 3 is 2.32 bits per heavy atom. The number of hydrogen-bond acceptors (Lipinski definition) is 5. The summed E-state index contributed by atoms with van der Waals surface area (Å²) in [6, 6.07) is 11.9. The van der Waals surface area contributed by atoms with Crippen molar-refractivity contribution in [3.05, 3.63) is 59.2 Å². The Morgan fingerprint density at radius 2 is 1.65 bits per heavy atom. The van der Waals surface area contributed by atoms with Crippen LogP contribution in [0.4, 0.5) is 0 Å². The van der Waals surface area contributed by atoms with E-state index in [0.29, 0.717) is 24.2 Å². The van der Waals surface area contributed by atoms with Crippen molar-refractivity contribution in [2.45, 2.75) is 19.5 Å². The van der Waals surface area contributed by atoms with Gasteiger partial charge in [0.15, 0.2) is 11.5 Å². The standard InChI is InChI=1S/C23H23N3O5/c1-15(26-22(28)17-4-2-3-5-18(17)23(26)29)21(27)25-10-8-24(9-11-25)13-16-6-7-19-20(12-16)31-14-30-19/h2-7,12,15H,8-11,13-14H2,1H3/p+1/t15-/m1/s1. The van der Waals surface area contributed by atoms with Gasteiger partial charge in [-0.05, 0) is 37.3 Å². The molecule has 3 amide bonds. The number of nitrogens with one attached hydrogen (secondary N) is 1. The van der Waals surface area contributed by atoms with Crippen molar-refractivity contribution in [1.29, 1.82) is 0 Å². The third kappa shape index (κ3) is 3.42. The van der Waals surface area contributed by atoms with E-state index < -0.39 is 17.9 Å². The Labute approximate surface area is 179 Å². The number of piperazine rings is 1. The highest BCUT2D eigenvalue weighted by Gasteiger charge is 2.42. The van der Waals surface area contributed by atoms with Gasteiger partial charge >= 0.3 is 0 Å². The first kappa shape index (κ1) is 19.6. The highest BCUT2D eigenvalue weighted by Crippen LogP contribution is 2.32. The predicted molar refractivity (Wildman–Crippen MR) is 110 cm³/mol. The third-order valence-corrected chi connectivity index (χ3v) is 6.24. The lowest BCUT2D eigenvalue weighted by atomic mass is 10.1. The summed E-state index contributed by atoms with van der Waals surface area (Å²) < 4.78 is 10.8. The van der Waals surface area contributed by atoms with Gasteiger partial charge in [0.2, 0.25) is 12.7 Å². The van der Waals surface area contributed by atoms with Crippen molar-refractivity contribution in [3.63, 3.8) is 0 Å². The summed E-state index contributed by atoms with van der Waals surface area (Å²) >= 11 is 0. The molecule has 0 radical (unpaired) electrons. The minimum absolute atomic E-state index is 0.184. The number of carbonyl (C=O) groups is 3. The van der Waals surface area contributed by atoms with Crippen molar-refractivity contribution in [2.24, 2.45) is 0 Å². The Hall–Kier alpha value is -3.39. The summed E-state index contributed by atoms with van der Waals surface area (Å²) in [6.07, 6.45) is 0. The number of rotatable bonds is 4. The summed E-state index contributed by atoms with van der Waals surface area (Å²) in [5.74, 6) is 0.579. The van der Waals surface area contributed by atoms with Gasteiger partial charge in [-0.25, -0.2) is 0 Å². The number of quaternary nitrogens is 1. The van der Waals surface area contributed by atoms with Crippen LogP contribution in [0.5, 0.6) is 11.5 Å². The molecule has 0 saturated carbocycles. The molecule has 1 N–H and O–H groups in total. The zero-order valence-electron chi connectivity index (χ0n) is 17.3. The Kier molecular flexibility index (Phi) is 4.86. The largest absolute Gasteiger partial charge is 0.454 e. The molecule has 160 valence electrons. The van der Waals surface area contributed by atoms with Gasteiger partial charge < -0.3 is 19.3 Å². The van der Waals surface area contributed by atoms with Crippen molar-refractivity contribution < 1.29 is 28.8 Å². The summed E-state index contributed by atoms with van der Waals surface area (Å²) in [4.78, 5) is 42.7. The minimum Gasteiger partial charge on any atom is -0.454 e. The molecule has 8 heteroatoms. The highest BCUT2D eigenvalue weighted by atomic mass is 16.7. The zero-order chi connectivity index (χ0) is 21.5. The summed E-state index contributed by atoms with van der Waals surface area (Å²) in [7, 11) is 0. The Bertz CT molecular complexity index is 1030. The molecule has 0 aliphatic carbocycles. The van der Waals surface area contributed by atoms with E-state index in [4.69, 9.17) is 9.47 Å². The molecule has 2 aromatic carbocycles. The SMILES string of the molecule is C[C@H](C(=O)N1CC[NH+](Cc2ccc3c(c2)OCO3)CC1)N1C(=O)c2ccccc2C1=O. The number of hydrogen-bond donors (Lipinski definition) is 1. The van der Waals surface area contributed by atoms with Crippen LogP contribution in [0.1, 0.15) is 33.2 Å². The van der Waals surface area contributed by atoms with Crippen molar-refractivity contribution in [1.82, 2.24) is 9.80 Å². The lowest BCUT2D eigenvalue weighted by molar-refractivity contribution is -0.917. The minimum atomic E-state index is -0.817. The quantitative estimate of drug-likeness (QED) is 0.719. The summed E-state index contributed by atoms with van der Waals surface area (Å²) in [5.41, 5.74) is 1.90. The van der Waals surface area contributed by atoms with E-state index in [2.05, 4.69) is 0 Å². The predicted octanol–water partition coefficient (Wildman–Crippen LogP) is 0.327. The molecule has 3 aliphatic rings. The molecular formula is C23H24N3O5+. The van der Waals surface area contributed by atoms with Crippen LogP contribution in [-0.4, -0.2) is 66.5 Å². The number of carbonyl (C=O) groups excluding carboxylic acids is 3. The van der Waals surface area contributed by atoms with Crippen LogP contribution in [0.2, 0.25) is 0 Å². The van der Waals surface area contributed by atoms with Crippen molar-refractivity contribution in [2.75, 3.05) is 33.0 Å². The number of ether oxygens (including phenoxy) is 2. The fraction of sp³-hybridized carbons (Fsp3) is 0.348. The number of nitrogens with zero attached hydrogens (tertiary/aromatic N) is 2. The molecule has 31 heavy (non-hydrogen) atoms. The average molecular weight is 422 g/mol. The number of fused-ring (bicyclic) bond motifs is 2. The van der Waals surface area contributed by atoms with Crippen LogP contribution in [0, 0.1) is 0 Å². The summed E-state index contributed by atoms with van der Waals surface area (Å²) in [6.45, 7) is 5.52. The normalized spacial score (nSPS) is 19.0. The molecular weight excluding hydrogens is 398 g/mol. The first-order valence-electron chi connectivity index (χ1n) is 10.5. The van der Waals surface area contributed by atoms with Gasteiger partial charge in [-0.15, -0.1) is 0 Å². The van der Waals surface area contributed by atoms with Crippen molar-refractivity contribution >= 4 is 17.7 Å². The molecule has 0 unspecified atom stereocenters. The second kappa shape index (κ2) is 7.70. The van der Waals surface area contributed by atoms with Gasteiger partial charge in [-0.3, -0.25) is 19.3 Å². The number of imide groups is 1. The molecule has 3 aliphatic heterocycles. The fourth-order valence-corrected chi connectivity index (χ4v) is 4.49. The molecule has 2 aromatic rings. The van der Waals surface area contributed by atoms with Gasteiger partial charge in [0, 0.05) is 5.56 Å². The molecule has 1 atom stereocenters. The van der Waals surface area contributed by atoms with Crippen LogP contribution in [0.3, 0.4) is 0 Å². The van der Waals surface area contributed by atoms with E-state index >= 15 is 0 Å². The second-order valence-electron chi connectivity index (χ2n) is 8.14. The van der Waals surface area contributed by atoms with Gasteiger partial charge in [0.25, 0.3) is 11.8 Å².